The summed E-state index contributed by atoms with van der Waals surface area (Å²) in [7, 11) is 0. The van der Waals surface area contributed by atoms with Crippen molar-refractivity contribution in [2.45, 2.75) is 31.5 Å². The number of rotatable bonds is 5. The zero-order valence-corrected chi connectivity index (χ0v) is 14.3. The Hall–Kier alpha value is -1.96. The maximum atomic E-state index is 12.2. The van der Waals surface area contributed by atoms with Crippen molar-refractivity contribution in [3.8, 4) is 0 Å². The number of ether oxygens (including phenoxy) is 2. The normalized spacial score (nSPS) is 23.5. The van der Waals surface area contributed by atoms with E-state index in [2.05, 4.69) is 5.32 Å². The largest absolute Gasteiger partial charge is 0.378 e. The fourth-order valence-corrected chi connectivity index (χ4v) is 3.10. The first-order valence-corrected chi connectivity index (χ1v) is 8.76. The number of nitrogens with zero attached hydrogens (tertiary/aromatic N) is 1. The van der Waals surface area contributed by atoms with Gasteiger partial charge in [0.2, 0.25) is 5.91 Å². The molecule has 0 radical (unpaired) electrons. The first-order valence-electron chi connectivity index (χ1n) is 8.76. The van der Waals surface area contributed by atoms with Crippen LogP contribution in [0.4, 0.5) is 5.69 Å². The number of hydrogen-bond donors (Lipinski definition) is 2. The summed E-state index contributed by atoms with van der Waals surface area (Å²) >= 11 is 0. The third-order valence-electron chi connectivity index (χ3n) is 4.60. The van der Waals surface area contributed by atoms with Gasteiger partial charge in [-0.05, 0) is 30.5 Å². The topological polar surface area (TPSA) is 93.9 Å². The molecule has 25 heavy (non-hydrogen) atoms. The summed E-state index contributed by atoms with van der Waals surface area (Å²) in [5.41, 5.74) is 7.19. The van der Waals surface area contributed by atoms with Crippen LogP contribution in [0.5, 0.6) is 0 Å². The van der Waals surface area contributed by atoms with Crippen LogP contribution >= 0.6 is 0 Å². The van der Waals surface area contributed by atoms with Gasteiger partial charge in [0.15, 0.2) is 0 Å². The van der Waals surface area contributed by atoms with Crippen molar-refractivity contribution in [1.29, 1.82) is 0 Å². The van der Waals surface area contributed by atoms with Crippen LogP contribution in [0.2, 0.25) is 0 Å². The Balaban J connectivity index is 1.50. The molecule has 7 heteroatoms. The average Bonchev–Trinajstić information content (AvgIpc) is 3.13. The van der Waals surface area contributed by atoms with Gasteiger partial charge in [-0.15, -0.1) is 0 Å². The highest BCUT2D eigenvalue weighted by Crippen LogP contribution is 2.20. The van der Waals surface area contributed by atoms with Gasteiger partial charge in [-0.3, -0.25) is 9.59 Å². The van der Waals surface area contributed by atoms with E-state index in [-0.39, 0.29) is 17.9 Å². The van der Waals surface area contributed by atoms with Crippen LogP contribution in [0.1, 0.15) is 18.4 Å². The minimum Gasteiger partial charge on any atom is -0.378 e. The number of nitrogens with two attached hydrogens (primary N) is 1. The Bertz CT molecular complexity index is 599. The molecule has 2 aliphatic rings. The van der Waals surface area contributed by atoms with Gasteiger partial charge in [0.1, 0.15) is 6.10 Å². The lowest BCUT2D eigenvalue weighted by atomic mass is 10.1. The van der Waals surface area contributed by atoms with E-state index >= 15 is 0 Å². The van der Waals surface area contributed by atoms with E-state index < -0.39 is 6.10 Å². The van der Waals surface area contributed by atoms with Crippen LogP contribution in [0.3, 0.4) is 0 Å². The smallest absolute Gasteiger partial charge is 0.253 e. The Morgan fingerprint density at radius 1 is 1.16 bits per heavy atom. The summed E-state index contributed by atoms with van der Waals surface area (Å²) in [6.07, 6.45) is 1.41. The van der Waals surface area contributed by atoms with Gasteiger partial charge in [0.05, 0.1) is 25.7 Å². The Morgan fingerprint density at radius 3 is 2.52 bits per heavy atom. The van der Waals surface area contributed by atoms with Crippen molar-refractivity contribution < 1.29 is 19.1 Å². The van der Waals surface area contributed by atoms with Crippen molar-refractivity contribution in [1.82, 2.24) is 4.90 Å². The number of anilines is 1. The highest BCUT2D eigenvalue weighted by atomic mass is 16.5. The molecule has 0 bridgehead atoms. The van der Waals surface area contributed by atoms with Gasteiger partial charge >= 0.3 is 0 Å². The van der Waals surface area contributed by atoms with E-state index in [1.165, 1.54) is 0 Å². The summed E-state index contributed by atoms with van der Waals surface area (Å²) in [5, 5.41) is 2.86. The van der Waals surface area contributed by atoms with Crippen LogP contribution in [0, 0.1) is 0 Å². The highest BCUT2D eigenvalue weighted by Gasteiger charge is 2.29. The monoisotopic (exact) mass is 347 g/mol. The van der Waals surface area contributed by atoms with Gasteiger partial charge in [0, 0.05) is 25.3 Å². The summed E-state index contributed by atoms with van der Waals surface area (Å²) < 4.78 is 10.8. The fraction of sp³-hybridized carbons (Fsp3) is 0.556. The standard InChI is InChI=1S/C18H25N3O4/c19-12-15-5-6-16(25-15)18(23)20-14-3-1-13(2-4-14)11-17(22)21-7-9-24-10-8-21/h1-4,15-16H,5-12,19H2,(H,20,23)/t15-,16+/m1/s1. The van der Waals surface area contributed by atoms with Crippen LogP contribution in [0.15, 0.2) is 24.3 Å². The lowest BCUT2D eigenvalue weighted by Gasteiger charge is -2.26. The first-order chi connectivity index (χ1) is 12.2. The fourth-order valence-electron chi connectivity index (χ4n) is 3.10. The molecule has 2 aliphatic heterocycles. The van der Waals surface area contributed by atoms with Gasteiger partial charge in [-0.1, -0.05) is 12.1 Å². The maximum absolute atomic E-state index is 12.2. The Labute approximate surface area is 147 Å². The van der Waals surface area contributed by atoms with Gasteiger partial charge in [-0.2, -0.15) is 0 Å². The SMILES string of the molecule is NC[C@H]1CC[C@@H](C(=O)Nc2ccc(CC(=O)N3CCOCC3)cc2)O1. The van der Waals surface area contributed by atoms with Crippen molar-refractivity contribution in [3.05, 3.63) is 29.8 Å². The Morgan fingerprint density at radius 2 is 1.88 bits per heavy atom. The second kappa shape index (κ2) is 8.42. The van der Waals surface area contributed by atoms with E-state index in [0.717, 1.165) is 12.0 Å². The number of hydrogen-bond acceptors (Lipinski definition) is 5. The van der Waals surface area contributed by atoms with E-state index in [1.54, 1.807) is 0 Å². The second-order valence-electron chi connectivity index (χ2n) is 6.42. The molecule has 0 aromatic heterocycles. The molecule has 0 spiro atoms. The van der Waals surface area contributed by atoms with E-state index in [1.807, 2.05) is 29.2 Å². The molecular weight excluding hydrogens is 322 g/mol. The second-order valence-corrected chi connectivity index (χ2v) is 6.42. The molecule has 0 saturated carbocycles. The molecular formula is C18H25N3O4. The molecule has 1 aromatic rings. The first kappa shape index (κ1) is 17.8. The van der Waals surface area contributed by atoms with E-state index in [0.29, 0.717) is 51.4 Å². The highest BCUT2D eigenvalue weighted by molar-refractivity contribution is 5.94. The lowest BCUT2D eigenvalue weighted by Crippen LogP contribution is -2.41. The number of carbonyl (C=O) groups excluding carboxylic acids is 2. The number of amides is 2. The van der Waals surface area contributed by atoms with Crippen molar-refractivity contribution >= 4 is 17.5 Å². The number of carbonyl (C=O) groups is 2. The molecule has 2 heterocycles. The number of morpholine rings is 1. The van der Waals surface area contributed by atoms with Crippen molar-refractivity contribution in [2.24, 2.45) is 5.73 Å². The van der Waals surface area contributed by atoms with Crippen LogP contribution in [-0.4, -0.2) is 61.8 Å². The Kier molecular flexibility index (Phi) is 6.01. The third kappa shape index (κ3) is 4.78. The summed E-state index contributed by atoms with van der Waals surface area (Å²) in [4.78, 5) is 26.3. The van der Waals surface area contributed by atoms with Gasteiger partial charge in [0.25, 0.3) is 5.91 Å². The molecule has 3 N–H and O–H groups in total. The van der Waals surface area contributed by atoms with Crippen LogP contribution in [0.25, 0.3) is 0 Å². The number of benzene rings is 1. The molecule has 2 saturated heterocycles. The molecule has 2 atom stereocenters. The molecule has 0 unspecified atom stereocenters. The quantitative estimate of drug-likeness (QED) is 0.810. The molecule has 3 rings (SSSR count). The zero-order valence-electron chi connectivity index (χ0n) is 14.3. The molecule has 2 amide bonds. The van der Waals surface area contributed by atoms with Crippen molar-refractivity contribution in [2.75, 3.05) is 38.2 Å². The van der Waals surface area contributed by atoms with E-state index in [4.69, 9.17) is 15.2 Å². The lowest BCUT2D eigenvalue weighted by molar-refractivity contribution is -0.134. The average molecular weight is 347 g/mol. The van der Waals surface area contributed by atoms with Crippen LogP contribution in [-0.2, 0) is 25.5 Å². The molecule has 7 nitrogen and oxygen atoms in total. The van der Waals surface area contributed by atoms with Crippen molar-refractivity contribution in [3.63, 3.8) is 0 Å². The predicted molar refractivity (Wildman–Crippen MR) is 93.1 cm³/mol. The van der Waals surface area contributed by atoms with Crippen LogP contribution < -0.4 is 11.1 Å². The summed E-state index contributed by atoms with van der Waals surface area (Å²) in [6.45, 7) is 2.95. The molecule has 136 valence electrons. The minimum absolute atomic E-state index is 0.0238. The number of nitrogens with one attached hydrogen (secondary N) is 1. The molecule has 1 aromatic carbocycles. The zero-order chi connectivity index (χ0) is 17.6. The molecule has 0 aliphatic carbocycles. The minimum atomic E-state index is -0.434. The van der Waals surface area contributed by atoms with E-state index in [9.17, 15) is 9.59 Å². The summed E-state index contributed by atoms with van der Waals surface area (Å²) in [5.74, 6) is -0.0413. The van der Waals surface area contributed by atoms with Gasteiger partial charge in [-0.25, -0.2) is 0 Å². The van der Waals surface area contributed by atoms with Gasteiger partial charge < -0.3 is 25.4 Å². The maximum Gasteiger partial charge on any atom is 0.253 e. The third-order valence-corrected chi connectivity index (χ3v) is 4.60. The predicted octanol–water partition coefficient (Wildman–Crippen LogP) is 0.533. The molecule has 2 fully saturated rings. The summed E-state index contributed by atoms with van der Waals surface area (Å²) in [6, 6.07) is 7.36.